The molecule has 158 valence electrons. The van der Waals surface area contributed by atoms with Gasteiger partial charge in [-0.15, -0.1) is 0 Å². The average Bonchev–Trinajstić information content (AvgIpc) is 2.73. The molecule has 1 N–H and O–H groups in total. The summed E-state index contributed by atoms with van der Waals surface area (Å²) in [6.45, 7) is 6.41. The molecular weight excluding hydrogens is 382 g/mol. The Hall–Kier alpha value is -1.33. The number of ether oxygens (including phenoxy) is 1. The highest BCUT2D eigenvalue weighted by Gasteiger charge is 2.68. The van der Waals surface area contributed by atoms with Gasteiger partial charge in [0.2, 0.25) is 0 Å². The van der Waals surface area contributed by atoms with Crippen molar-refractivity contribution in [3.8, 4) is 0 Å². The molecule has 29 heavy (non-hydrogen) atoms. The normalized spacial score (nSPS) is 35.7. The van der Waals surface area contributed by atoms with Crippen LogP contribution < -0.4 is 5.32 Å². The van der Waals surface area contributed by atoms with E-state index in [4.69, 9.17) is 4.74 Å². The van der Waals surface area contributed by atoms with Gasteiger partial charge in [0.25, 0.3) is 0 Å². The van der Waals surface area contributed by atoms with E-state index >= 15 is 0 Å². The summed E-state index contributed by atoms with van der Waals surface area (Å²) in [7, 11) is 0. The number of piperidine rings is 2. The van der Waals surface area contributed by atoms with E-state index in [0.29, 0.717) is 25.5 Å². The maximum Gasteiger partial charge on any atom is 0.321 e. The molecule has 4 bridgehead atoms. The number of fused-ring (bicyclic) bond motifs is 2. The summed E-state index contributed by atoms with van der Waals surface area (Å²) in [5.74, 6) is -0.136. The maximum atomic E-state index is 13.7. The van der Waals surface area contributed by atoms with Crippen LogP contribution in [-0.2, 0) is 26.2 Å². The van der Waals surface area contributed by atoms with E-state index in [2.05, 4.69) is 49.1 Å². The quantitative estimate of drug-likeness (QED) is 0.403. The Bertz CT molecular complexity index is 811. The lowest BCUT2D eigenvalue weighted by Crippen LogP contribution is -2.75. The minimum atomic E-state index is -1.11. The van der Waals surface area contributed by atoms with Gasteiger partial charge < -0.3 is 10.1 Å². The highest BCUT2D eigenvalue weighted by atomic mass is 32.1. The van der Waals surface area contributed by atoms with Gasteiger partial charge in [-0.3, -0.25) is 9.59 Å². The van der Waals surface area contributed by atoms with E-state index in [1.54, 1.807) is 0 Å². The molecule has 0 aromatic heterocycles. The smallest absolute Gasteiger partial charge is 0.321 e. The van der Waals surface area contributed by atoms with Crippen molar-refractivity contribution >= 4 is 24.4 Å². The number of carbonyl (C=O) groups is 2. The van der Waals surface area contributed by atoms with E-state index in [9.17, 15) is 9.59 Å². The second kappa shape index (κ2) is 7.73. The molecule has 4 nitrogen and oxygen atoms in total. The van der Waals surface area contributed by atoms with Crippen LogP contribution in [0.15, 0.2) is 24.3 Å². The zero-order valence-electron chi connectivity index (χ0n) is 17.7. The molecule has 2 aliphatic heterocycles. The number of Topliss-reactive ketones (excluding diaryl/α,β-unsaturated/α-hetero) is 1. The van der Waals surface area contributed by atoms with Gasteiger partial charge in [0.05, 0.1) is 11.9 Å². The molecule has 6 atom stereocenters. The summed E-state index contributed by atoms with van der Waals surface area (Å²) in [6.07, 6.45) is 4.93. The summed E-state index contributed by atoms with van der Waals surface area (Å²) in [4.78, 5) is 27.0. The van der Waals surface area contributed by atoms with Crippen molar-refractivity contribution in [1.29, 1.82) is 0 Å². The molecule has 2 aliphatic carbocycles. The first-order chi connectivity index (χ1) is 13.9. The van der Waals surface area contributed by atoms with Crippen molar-refractivity contribution in [1.82, 2.24) is 5.32 Å². The van der Waals surface area contributed by atoms with Crippen LogP contribution in [0.1, 0.15) is 64.0 Å². The molecule has 1 aromatic carbocycles. The molecular formula is C24H33NO3S. The van der Waals surface area contributed by atoms with Crippen LogP contribution in [0.5, 0.6) is 0 Å². The standard InChI is InChI=1S/C24H33NO3S/c1-4-9-19(29)21(26)24(22(27)28-6-3)13-17-18-12-15-10-7-8-11-16(15)23(17,5-2)14-20(24)25-18/h7-8,10-11,17-20,25,29H,4-6,9,12-14H2,1-3H3/t17?,18?,19?,20?,23-,24?/m0/s1. The zero-order valence-corrected chi connectivity index (χ0v) is 18.6. The van der Waals surface area contributed by atoms with Gasteiger partial charge >= 0.3 is 5.97 Å². The van der Waals surface area contributed by atoms with E-state index in [1.165, 1.54) is 11.1 Å². The van der Waals surface area contributed by atoms with Gasteiger partial charge in [0.15, 0.2) is 5.78 Å². The first-order valence-electron chi connectivity index (χ1n) is 11.2. The van der Waals surface area contributed by atoms with Crippen LogP contribution in [0.4, 0.5) is 0 Å². The molecule has 0 spiro atoms. The predicted molar refractivity (Wildman–Crippen MR) is 117 cm³/mol. The van der Waals surface area contributed by atoms with Gasteiger partial charge in [-0.2, -0.15) is 12.6 Å². The first kappa shape index (κ1) is 20.9. The van der Waals surface area contributed by atoms with Crippen LogP contribution >= 0.6 is 12.6 Å². The Morgan fingerprint density at radius 2 is 2.00 bits per heavy atom. The van der Waals surface area contributed by atoms with E-state index in [-0.39, 0.29) is 29.1 Å². The Morgan fingerprint density at radius 1 is 1.24 bits per heavy atom. The topological polar surface area (TPSA) is 55.4 Å². The number of thiol groups is 1. The molecule has 1 saturated carbocycles. The summed E-state index contributed by atoms with van der Waals surface area (Å²) >= 11 is 4.61. The van der Waals surface area contributed by atoms with Crippen LogP contribution in [0.25, 0.3) is 0 Å². The lowest BCUT2D eigenvalue weighted by Gasteiger charge is -2.64. The number of nitrogens with one attached hydrogen (secondary N) is 1. The third-order valence-electron chi connectivity index (χ3n) is 7.88. The number of hydrogen-bond acceptors (Lipinski definition) is 5. The minimum absolute atomic E-state index is 0.0303. The zero-order chi connectivity index (χ0) is 20.8. The predicted octanol–water partition coefficient (Wildman–Crippen LogP) is 3.86. The van der Waals surface area contributed by atoms with Gasteiger partial charge in [-0.1, -0.05) is 44.5 Å². The van der Waals surface area contributed by atoms with Crippen molar-refractivity contribution in [3.05, 3.63) is 35.4 Å². The van der Waals surface area contributed by atoms with Crippen molar-refractivity contribution < 1.29 is 14.3 Å². The largest absolute Gasteiger partial charge is 0.465 e. The first-order valence-corrected chi connectivity index (χ1v) is 11.7. The Kier molecular flexibility index (Phi) is 5.58. The second-order valence-corrected chi connectivity index (χ2v) is 9.70. The third kappa shape index (κ3) is 2.91. The fourth-order valence-corrected chi connectivity index (χ4v) is 7.06. The molecule has 5 rings (SSSR count). The summed E-state index contributed by atoms with van der Waals surface area (Å²) in [5, 5.41) is 3.32. The Balaban J connectivity index is 1.78. The van der Waals surface area contributed by atoms with Crippen LogP contribution in [0.2, 0.25) is 0 Å². The Labute approximate surface area is 179 Å². The summed E-state index contributed by atoms with van der Waals surface area (Å²) < 4.78 is 5.51. The monoisotopic (exact) mass is 415 g/mol. The van der Waals surface area contributed by atoms with Gasteiger partial charge in [-0.25, -0.2) is 0 Å². The van der Waals surface area contributed by atoms with Crippen molar-refractivity contribution in [2.75, 3.05) is 6.61 Å². The fraction of sp³-hybridized carbons (Fsp3) is 0.667. The number of hydrogen-bond donors (Lipinski definition) is 2. The minimum Gasteiger partial charge on any atom is -0.465 e. The van der Waals surface area contributed by atoms with Crippen LogP contribution in [-0.4, -0.2) is 35.7 Å². The highest BCUT2D eigenvalue weighted by Crippen LogP contribution is 2.61. The van der Waals surface area contributed by atoms with E-state index < -0.39 is 10.7 Å². The highest BCUT2D eigenvalue weighted by molar-refractivity contribution is 7.81. The molecule has 1 aromatic rings. The van der Waals surface area contributed by atoms with Gasteiger partial charge in [0, 0.05) is 17.5 Å². The van der Waals surface area contributed by atoms with E-state index in [0.717, 1.165) is 25.7 Å². The molecule has 3 fully saturated rings. The van der Waals surface area contributed by atoms with Crippen LogP contribution in [0.3, 0.4) is 0 Å². The second-order valence-electron chi connectivity index (χ2n) is 9.07. The SMILES string of the molecule is CCCC(S)C(=O)C1(C(=O)OCC)CC2C3Cc4ccccc4[C@]2(CC)CC1N3. The van der Waals surface area contributed by atoms with Crippen molar-refractivity contribution in [2.45, 2.75) is 82.0 Å². The third-order valence-corrected chi connectivity index (χ3v) is 8.38. The van der Waals surface area contributed by atoms with Crippen molar-refractivity contribution in [2.24, 2.45) is 11.3 Å². The lowest BCUT2D eigenvalue weighted by atomic mass is 9.44. The molecule has 0 amide bonds. The number of rotatable bonds is 7. The number of ketones is 1. The number of carbonyl (C=O) groups excluding carboxylic acids is 2. The summed E-state index contributed by atoms with van der Waals surface area (Å²) in [6, 6.07) is 8.86. The number of benzene rings is 1. The molecule has 5 unspecified atom stereocenters. The van der Waals surface area contributed by atoms with Gasteiger partial charge in [-0.05, 0) is 56.1 Å². The fourth-order valence-electron chi connectivity index (χ4n) is 6.57. The molecule has 2 heterocycles. The summed E-state index contributed by atoms with van der Waals surface area (Å²) in [5.41, 5.74) is 1.76. The Morgan fingerprint density at radius 3 is 2.66 bits per heavy atom. The van der Waals surface area contributed by atoms with E-state index in [1.807, 2.05) is 13.8 Å². The average molecular weight is 416 g/mol. The van der Waals surface area contributed by atoms with Crippen molar-refractivity contribution in [3.63, 3.8) is 0 Å². The maximum absolute atomic E-state index is 13.7. The number of esters is 1. The molecule has 2 saturated heterocycles. The molecule has 0 radical (unpaired) electrons. The van der Waals surface area contributed by atoms with Crippen LogP contribution in [0, 0.1) is 11.3 Å². The lowest BCUT2D eigenvalue weighted by molar-refractivity contribution is -0.174. The molecule has 4 aliphatic rings. The van der Waals surface area contributed by atoms with Gasteiger partial charge in [0.1, 0.15) is 5.41 Å². The molecule has 5 heteroatoms.